The molecule has 19 heavy (non-hydrogen) atoms. The van der Waals surface area contributed by atoms with Crippen molar-refractivity contribution in [2.45, 2.75) is 11.8 Å². The number of alkyl halides is 1. The molecule has 2 aromatic carbocycles. The maximum Gasteiger partial charge on any atom is 0.131 e. The van der Waals surface area contributed by atoms with Crippen molar-refractivity contribution in [1.29, 1.82) is 0 Å². The molecule has 0 N–H and O–H groups in total. The summed E-state index contributed by atoms with van der Waals surface area (Å²) in [5.41, 5.74) is 0.820. The molecule has 0 aliphatic carbocycles. The molecule has 1 unspecified atom stereocenters. The highest BCUT2D eigenvalue weighted by Gasteiger charge is 2.19. The van der Waals surface area contributed by atoms with Gasteiger partial charge in [-0.05, 0) is 36.2 Å². The first-order valence-electron chi connectivity index (χ1n) is 5.50. The Labute approximate surface area is 132 Å². The molecule has 0 heterocycles. The van der Waals surface area contributed by atoms with Crippen molar-refractivity contribution in [3.63, 3.8) is 0 Å². The van der Waals surface area contributed by atoms with Crippen LogP contribution in [0.4, 0.5) is 8.78 Å². The Balaban J connectivity index is 2.28. The smallest absolute Gasteiger partial charge is 0.131 e. The van der Waals surface area contributed by atoms with E-state index in [1.54, 1.807) is 0 Å². The maximum absolute atomic E-state index is 13.8. The lowest BCUT2D eigenvalue weighted by Gasteiger charge is -2.13. The first-order valence-corrected chi connectivity index (χ1v) is 7.52. The van der Waals surface area contributed by atoms with Crippen LogP contribution >= 0.6 is 43.5 Å². The van der Waals surface area contributed by atoms with Crippen LogP contribution in [-0.4, -0.2) is 0 Å². The van der Waals surface area contributed by atoms with Crippen LogP contribution < -0.4 is 0 Å². The van der Waals surface area contributed by atoms with Crippen molar-refractivity contribution in [2.75, 3.05) is 0 Å². The second kappa shape index (κ2) is 6.33. The van der Waals surface area contributed by atoms with Crippen LogP contribution in [0.5, 0.6) is 0 Å². The first-order chi connectivity index (χ1) is 8.97. The molecule has 0 aliphatic heterocycles. The van der Waals surface area contributed by atoms with Crippen LogP contribution in [-0.2, 0) is 6.42 Å². The predicted octanol–water partition coefficient (Wildman–Crippen LogP) is 6.01. The Hall–Kier alpha value is -0.450. The minimum absolute atomic E-state index is 0.0927. The molecular weight excluding hydrogens is 401 g/mol. The molecule has 5 heteroatoms. The molecular formula is C14H9Br2ClF2. The molecule has 0 nitrogen and oxygen atoms in total. The number of halogens is 5. The van der Waals surface area contributed by atoms with Crippen LogP contribution in [0, 0.1) is 11.6 Å². The molecule has 1 atom stereocenters. The van der Waals surface area contributed by atoms with Gasteiger partial charge in [0, 0.05) is 14.5 Å². The van der Waals surface area contributed by atoms with Gasteiger partial charge in [0.25, 0.3) is 0 Å². The number of hydrogen-bond donors (Lipinski definition) is 0. The molecule has 2 aromatic rings. The van der Waals surface area contributed by atoms with Crippen molar-refractivity contribution in [3.8, 4) is 0 Å². The van der Waals surface area contributed by atoms with Gasteiger partial charge in [-0.3, -0.25) is 0 Å². The number of benzene rings is 2. The quantitative estimate of drug-likeness (QED) is 0.544. The van der Waals surface area contributed by atoms with E-state index in [0.29, 0.717) is 10.9 Å². The zero-order valence-electron chi connectivity index (χ0n) is 9.64. The molecule has 0 amide bonds. The Morgan fingerprint density at radius 1 is 1.00 bits per heavy atom. The fourth-order valence-electron chi connectivity index (χ4n) is 1.83. The number of hydrogen-bond acceptors (Lipinski definition) is 0. The third-order valence-electron chi connectivity index (χ3n) is 2.66. The van der Waals surface area contributed by atoms with Crippen molar-refractivity contribution >= 4 is 43.5 Å². The van der Waals surface area contributed by atoms with E-state index in [4.69, 9.17) is 11.6 Å². The minimum atomic E-state index is -0.748. The predicted molar refractivity (Wildman–Crippen MR) is 80.5 cm³/mol. The van der Waals surface area contributed by atoms with Crippen molar-refractivity contribution in [2.24, 2.45) is 0 Å². The topological polar surface area (TPSA) is 0 Å². The van der Waals surface area contributed by atoms with Crippen molar-refractivity contribution in [3.05, 3.63) is 68.1 Å². The van der Waals surface area contributed by atoms with E-state index in [9.17, 15) is 8.78 Å². The van der Waals surface area contributed by atoms with Gasteiger partial charge >= 0.3 is 0 Å². The van der Waals surface area contributed by atoms with E-state index < -0.39 is 17.0 Å². The van der Waals surface area contributed by atoms with Crippen LogP contribution in [0.2, 0.25) is 0 Å². The Morgan fingerprint density at radius 3 is 2.21 bits per heavy atom. The SMILES string of the molecule is Fc1cc(Br)cc(F)c1C(Cl)Cc1cccc(Br)c1. The summed E-state index contributed by atoms with van der Waals surface area (Å²) in [6.45, 7) is 0. The van der Waals surface area contributed by atoms with Crippen molar-refractivity contribution < 1.29 is 8.78 Å². The molecule has 100 valence electrons. The Morgan fingerprint density at radius 2 is 1.63 bits per heavy atom. The largest absolute Gasteiger partial charge is 0.206 e. The van der Waals surface area contributed by atoms with Crippen molar-refractivity contribution in [1.82, 2.24) is 0 Å². The summed E-state index contributed by atoms with van der Waals surface area (Å²) >= 11 is 12.5. The van der Waals surface area contributed by atoms with Crippen LogP contribution in [0.1, 0.15) is 16.5 Å². The zero-order valence-corrected chi connectivity index (χ0v) is 13.6. The molecule has 0 saturated heterocycles. The van der Waals surface area contributed by atoms with Crippen LogP contribution in [0.3, 0.4) is 0 Å². The first kappa shape index (κ1) is 14.9. The van der Waals surface area contributed by atoms with E-state index in [1.165, 1.54) is 12.1 Å². The van der Waals surface area contributed by atoms with Gasteiger partial charge in [0.2, 0.25) is 0 Å². The van der Waals surface area contributed by atoms with Gasteiger partial charge in [-0.1, -0.05) is 44.0 Å². The van der Waals surface area contributed by atoms with Gasteiger partial charge in [-0.2, -0.15) is 0 Å². The average molecular weight is 410 g/mol. The summed E-state index contributed by atoms with van der Waals surface area (Å²) in [5.74, 6) is -1.27. The molecule has 0 radical (unpaired) electrons. The van der Waals surface area contributed by atoms with E-state index in [0.717, 1.165) is 10.0 Å². The molecule has 0 aliphatic rings. The van der Waals surface area contributed by atoms with Gasteiger partial charge in [0.15, 0.2) is 0 Å². The molecule has 0 bridgehead atoms. The lowest BCUT2D eigenvalue weighted by atomic mass is 10.0. The van der Waals surface area contributed by atoms with Gasteiger partial charge in [0.05, 0.1) is 5.38 Å². The minimum Gasteiger partial charge on any atom is -0.206 e. The molecule has 2 rings (SSSR count). The van der Waals surface area contributed by atoms with E-state index in [2.05, 4.69) is 31.9 Å². The summed E-state index contributed by atoms with van der Waals surface area (Å²) in [5, 5.41) is -0.748. The average Bonchev–Trinajstić information content (AvgIpc) is 2.27. The summed E-state index contributed by atoms with van der Waals surface area (Å²) in [4.78, 5) is 0. The standard InChI is InChI=1S/C14H9Br2ClF2/c15-9-3-1-2-8(4-9)5-11(17)14-12(18)6-10(16)7-13(14)19/h1-4,6-7,11H,5H2. The summed E-state index contributed by atoms with van der Waals surface area (Å²) in [6.07, 6.45) is 0.358. The van der Waals surface area contributed by atoms with E-state index in [-0.39, 0.29) is 5.56 Å². The fourth-order valence-corrected chi connectivity index (χ4v) is 3.06. The van der Waals surface area contributed by atoms with Crippen LogP contribution in [0.25, 0.3) is 0 Å². The third kappa shape index (κ3) is 3.77. The lowest BCUT2D eigenvalue weighted by Crippen LogP contribution is -2.03. The van der Waals surface area contributed by atoms with Gasteiger partial charge in [-0.15, -0.1) is 11.6 Å². The Kier molecular flexibility index (Phi) is 4.98. The Bertz CT molecular complexity index is 579. The highest BCUT2D eigenvalue weighted by Crippen LogP contribution is 2.31. The second-order valence-corrected chi connectivity index (χ2v) is 6.44. The zero-order chi connectivity index (χ0) is 14.0. The molecule has 0 fully saturated rings. The molecule has 0 aromatic heterocycles. The highest BCUT2D eigenvalue weighted by atomic mass is 79.9. The number of rotatable bonds is 3. The normalized spacial score (nSPS) is 12.5. The molecule has 0 spiro atoms. The summed E-state index contributed by atoms with van der Waals surface area (Å²) < 4.78 is 28.8. The van der Waals surface area contributed by atoms with E-state index >= 15 is 0 Å². The van der Waals surface area contributed by atoms with Gasteiger partial charge in [-0.25, -0.2) is 8.78 Å². The maximum atomic E-state index is 13.8. The third-order valence-corrected chi connectivity index (χ3v) is 3.98. The fraction of sp³-hybridized carbons (Fsp3) is 0.143. The van der Waals surface area contributed by atoms with Gasteiger partial charge in [0.1, 0.15) is 11.6 Å². The second-order valence-electron chi connectivity index (χ2n) is 4.08. The molecule has 0 saturated carbocycles. The highest BCUT2D eigenvalue weighted by molar-refractivity contribution is 9.10. The van der Waals surface area contributed by atoms with Crippen LogP contribution in [0.15, 0.2) is 45.3 Å². The lowest BCUT2D eigenvalue weighted by molar-refractivity contribution is 0.549. The summed E-state index contributed by atoms with van der Waals surface area (Å²) in [7, 11) is 0. The van der Waals surface area contributed by atoms with Gasteiger partial charge < -0.3 is 0 Å². The summed E-state index contributed by atoms with van der Waals surface area (Å²) in [6, 6.07) is 9.92. The monoisotopic (exact) mass is 408 g/mol. The van der Waals surface area contributed by atoms with E-state index in [1.807, 2.05) is 24.3 Å².